The van der Waals surface area contributed by atoms with Gasteiger partial charge in [0.05, 0.1) is 6.61 Å². The summed E-state index contributed by atoms with van der Waals surface area (Å²) in [5.41, 5.74) is 0. The van der Waals surface area contributed by atoms with E-state index in [0.29, 0.717) is 17.7 Å². The van der Waals surface area contributed by atoms with Crippen molar-refractivity contribution >= 4 is 5.78 Å². The van der Waals surface area contributed by atoms with E-state index in [-0.39, 0.29) is 6.10 Å². The van der Waals surface area contributed by atoms with Crippen LogP contribution in [0.5, 0.6) is 0 Å². The highest BCUT2D eigenvalue weighted by Crippen LogP contribution is 2.33. The van der Waals surface area contributed by atoms with Crippen LogP contribution in [0.1, 0.15) is 25.7 Å². The molecular formula is C11H17NO2. The van der Waals surface area contributed by atoms with Crippen LogP contribution in [0.25, 0.3) is 0 Å². The molecule has 0 radical (unpaired) electrons. The number of morpholine rings is 1. The van der Waals surface area contributed by atoms with Crippen molar-refractivity contribution < 1.29 is 9.53 Å². The average molecular weight is 195 g/mol. The lowest BCUT2D eigenvalue weighted by molar-refractivity contribution is -0.139. The predicted octanol–water partition coefficient (Wildman–Crippen LogP) is 0.829. The molecule has 3 nitrogen and oxygen atoms in total. The van der Waals surface area contributed by atoms with Crippen LogP contribution in [0.2, 0.25) is 0 Å². The summed E-state index contributed by atoms with van der Waals surface area (Å²) in [5.74, 6) is 0.717. The Morgan fingerprint density at radius 3 is 2.93 bits per heavy atom. The number of ketones is 1. The van der Waals surface area contributed by atoms with E-state index in [4.69, 9.17) is 4.74 Å². The van der Waals surface area contributed by atoms with Gasteiger partial charge in [-0.15, -0.1) is 0 Å². The fraction of sp³-hybridized carbons (Fsp3) is 0.909. The Morgan fingerprint density at radius 1 is 1.29 bits per heavy atom. The largest absolute Gasteiger partial charge is 0.367 e. The van der Waals surface area contributed by atoms with Crippen LogP contribution in [0.4, 0.5) is 0 Å². The Morgan fingerprint density at radius 2 is 2.14 bits per heavy atom. The Balaban J connectivity index is 1.63. The van der Waals surface area contributed by atoms with Gasteiger partial charge >= 0.3 is 0 Å². The molecule has 0 N–H and O–H groups in total. The Bertz CT molecular complexity index is 250. The molecule has 2 saturated heterocycles. The van der Waals surface area contributed by atoms with Gasteiger partial charge in [-0.1, -0.05) is 0 Å². The molecule has 14 heavy (non-hydrogen) atoms. The third-order valence-corrected chi connectivity index (χ3v) is 3.69. The standard InChI is InChI=1S/C11H17NO2/c13-11(8-3-4-8)10-6-12-5-1-2-9(12)7-14-10/h8-10H,1-7H2. The van der Waals surface area contributed by atoms with Gasteiger partial charge < -0.3 is 4.74 Å². The van der Waals surface area contributed by atoms with Crippen molar-refractivity contribution in [3.8, 4) is 0 Å². The van der Waals surface area contributed by atoms with Crippen LogP contribution >= 0.6 is 0 Å². The summed E-state index contributed by atoms with van der Waals surface area (Å²) in [6.07, 6.45) is 4.63. The SMILES string of the molecule is O=C(C1CC1)C1CN2CCCC2CO1. The molecule has 3 aliphatic rings. The van der Waals surface area contributed by atoms with Crippen molar-refractivity contribution in [2.75, 3.05) is 19.7 Å². The third-order valence-electron chi connectivity index (χ3n) is 3.69. The summed E-state index contributed by atoms with van der Waals surface area (Å²) in [7, 11) is 0. The quantitative estimate of drug-likeness (QED) is 0.653. The number of nitrogens with zero attached hydrogens (tertiary/aromatic N) is 1. The van der Waals surface area contributed by atoms with Crippen molar-refractivity contribution in [3.05, 3.63) is 0 Å². The maximum absolute atomic E-state index is 11.8. The molecule has 0 spiro atoms. The van der Waals surface area contributed by atoms with Crippen LogP contribution < -0.4 is 0 Å². The monoisotopic (exact) mass is 195 g/mol. The molecular weight excluding hydrogens is 178 g/mol. The van der Waals surface area contributed by atoms with Crippen LogP contribution in [0.15, 0.2) is 0 Å². The van der Waals surface area contributed by atoms with E-state index in [1.165, 1.54) is 19.4 Å². The molecule has 2 atom stereocenters. The summed E-state index contributed by atoms with van der Waals surface area (Å²) in [6.45, 7) is 2.81. The lowest BCUT2D eigenvalue weighted by atomic mass is 10.1. The molecule has 0 bridgehead atoms. The van der Waals surface area contributed by atoms with Crippen LogP contribution in [0.3, 0.4) is 0 Å². The smallest absolute Gasteiger partial charge is 0.165 e. The molecule has 1 aliphatic carbocycles. The van der Waals surface area contributed by atoms with Gasteiger partial charge in [0.15, 0.2) is 5.78 Å². The van der Waals surface area contributed by atoms with Gasteiger partial charge in [0.1, 0.15) is 6.10 Å². The van der Waals surface area contributed by atoms with Gasteiger partial charge in [-0.05, 0) is 32.2 Å². The molecule has 1 saturated carbocycles. The van der Waals surface area contributed by atoms with Crippen molar-refractivity contribution in [1.82, 2.24) is 4.90 Å². The second-order valence-corrected chi connectivity index (χ2v) is 4.79. The van der Waals surface area contributed by atoms with Gasteiger partial charge in [-0.2, -0.15) is 0 Å². The molecule has 2 unspecified atom stereocenters. The fourth-order valence-corrected chi connectivity index (χ4v) is 2.62. The first-order valence-electron chi connectivity index (χ1n) is 5.74. The Kier molecular flexibility index (Phi) is 2.10. The van der Waals surface area contributed by atoms with Crippen LogP contribution in [-0.2, 0) is 9.53 Å². The van der Waals surface area contributed by atoms with E-state index in [1.807, 2.05) is 0 Å². The third kappa shape index (κ3) is 1.48. The molecule has 2 aliphatic heterocycles. The highest BCUT2D eigenvalue weighted by atomic mass is 16.5. The highest BCUT2D eigenvalue weighted by Gasteiger charge is 2.40. The zero-order chi connectivity index (χ0) is 9.54. The van der Waals surface area contributed by atoms with Crippen molar-refractivity contribution in [2.45, 2.75) is 37.8 Å². The number of rotatable bonds is 2. The summed E-state index contributed by atoms with van der Waals surface area (Å²) in [4.78, 5) is 14.2. The Labute approximate surface area is 84.4 Å². The normalized spacial score (nSPS) is 38.3. The summed E-state index contributed by atoms with van der Waals surface area (Å²) in [6, 6.07) is 0.609. The minimum atomic E-state index is -0.100. The molecule has 0 aromatic heterocycles. The second kappa shape index (κ2) is 3.31. The molecule has 0 aromatic rings. The van der Waals surface area contributed by atoms with Crippen molar-refractivity contribution in [2.24, 2.45) is 5.92 Å². The first kappa shape index (κ1) is 8.86. The lowest BCUT2D eigenvalue weighted by Gasteiger charge is -2.34. The first-order chi connectivity index (χ1) is 6.84. The highest BCUT2D eigenvalue weighted by molar-refractivity contribution is 5.87. The second-order valence-electron chi connectivity index (χ2n) is 4.79. The van der Waals surface area contributed by atoms with E-state index in [9.17, 15) is 4.79 Å². The average Bonchev–Trinajstić information content (AvgIpc) is 2.95. The molecule has 2 heterocycles. The van der Waals surface area contributed by atoms with Gasteiger partial charge in [0.25, 0.3) is 0 Å². The minimum absolute atomic E-state index is 0.100. The molecule has 3 heteroatoms. The topological polar surface area (TPSA) is 29.5 Å². The number of Topliss-reactive ketones (excluding diaryl/α,β-unsaturated/α-hetero) is 1. The maximum Gasteiger partial charge on any atom is 0.165 e. The van der Waals surface area contributed by atoms with Crippen molar-refractivity contribution in [1.29, 1.82) is 0 Å². The number of carbonyl (C=O) groups is 1. The van der Waals surface area contributed by atoms with E-state index in [1.54, 1.807) is 0 Å². The fourth-order valence-electron chi connectivity index (χ4n) is 2.62. The number of hydrogen-bond donors (Lipinski definition) is 0. The van der Waals surface area contributed by atoms with Crippen LogP contribution in [-0.4, -0.2) is 42.5 Å². The van der Waals surface area contributed by atoms with Crippen LogP contribution in [0, 0.1) is 5.92 Å². The predicted molar refractivity (Wildman–Crippen MR) is 52.1 cm³/mol. The summed E-state index contributed by atoms with van der Waals surface area (Å²) in [5, 5.41) is 0. The molecule has 0 amide bonds. The van der Waals surface area contributed by atoms with Gasteiger partial charge in [0, 0.05) is 18.5 Å². The zero-order valence-electron chi connectivity index (χ0n) is 8.45. The number of ether oxygens (including phenoxy) is 1. The summed E-state index contributed by atoms with van der Waals surface area (Å²) < 4.78 is 5.66. The first-order valence-corrected chi connectivity index (χ1v) is 5.74. The zero-order valence-corrected chi connectivity index (χ0v) is 8.45. The van der Waals surface area contributed by atoms with Crippen molar-refractivity contribution in [3.63, 3.8) is 0 Å². The maximum atomic E-state index is 11.8. The molecule has 3 fully saturated rings. The van der Waals surface area contributed by atoms with E-state index < -0.39 is 0 Å². The number of fused-ring (bicyclic) bond motifs is 1. The lowest BCUT2D eigenvalue weighted by Crippen LogP contribution is -2.49. The molecule has 3 rings (SSSR count). The van der Waals surface area contributed by atoms with E-state index >= 15 is 0 Å². The van der Waals surface area contributed by atoms with E-state index in [2.05, 4.69) is 4.90 Å². The Hall–Kier alpha value is -0.410. The molecule has 78 valence electrons. The number of carbonyl (C=O) groups excluding carboxylic acids is 1. The van der Waals surface area contributed by atoms with Gasteiger partial charge in [0.2, 0.25) is 0 Å². The number of hydrogen-bond acceptors (Lipinski definition) is 3. The van der Waals surface area contributed by atoms with E-state index in [0.717, 1.165) is 26.0 Å². The minimum Gasteiger partial charge on any atom is -0.367 e. The van der Waals surface area contributed by atoms with Gasteiger partial charge in [-0.3, -0.25) is 9.69 Å². The molecule has 0 aromatic carbocycles. The van der Waals surface area contributed by atoms with Gasteiger partial charge in [-0.25, -0.2) is 0 Å². The summed E-state index contributed by atoms with van der Waals surface area (Å²) >= 11 is 0.